The van der Waals surface area contributed by atoms with Crippen LogP contribution in [-0.4, -0.2) is 17.4 Å². The van der Waals surface area contributed by atoms with Crippen LogP contribution in [0.25, 0.3) is 11.3 Å². The van der Waals surface area contributed by atoms with Gasteiger partial charge in [-0.2, -0.15) is 0 Å². The Balaban J connectivity index is 1.69. The van der Waals surface area contributed by atoms with Crippen LogP contribution in [0.5, 0.6) is 0 Å². The molecule has 0 unspecified atom stereocenters. The molecule has 0 aliphatic rings. The number of carbonyl (C=O) groups is 1. The summed E-state index contributed by atoms with van der Waals surface area (Å²) in [5.41, 5.74) is 2.97. The fourth-order valence-electron chi connectivity index (χ4n) is 2.17. The predicted octanol–water partition coefficient (Wildman–Crippen LogP) is 4.63. The Labute approximate surface area is 143 Å². The van der Waals surface area contributed by atoms with E-state index in [1.165, 1.54) is 24.3 Å². The highest BCUT2D eigenvalue weighted by atomic mass is 32.1. The van der Waals surface area contributed by atoms with E-state index in [9.17, 15) is 9.18 Å². The Morgan fingerprint density at radius 1 is 1.12 bits per heavy atom. The second-order valence-corrected chi connectivity index (χ2v) is 5.96. The Hall–Kier alpha value is -2.73. The number of amides is 1. The van der Waals surface area contributed by atoms with E-state index in [1.54, 1.807) is 11.3 Å². The molecule has 6 heteroatoms. The number of halogens is 1. The molecule has 0 aliphatic heterocycles. The van der Waals surface area contributed by atoms with Crippen LogP contribution in [0.4, 0.5) is 15.2 Å². The Kier molecular flexibility index (Phi) is 4.86. The molecule has 0 fully saturated rings. The summed E-state index contributed by atoms with van der Waals surface area (Å²) in [5, 5.41) is 8.85. The smallest absolute Gasteiger partial charge is 0.255 e. The summed E-state index contributed by atoms with van der Waals surface area (Å²) < 4.78 is 12.9. The van der Waals surface area contributed by atoms with Crippen LogP contribution in [-0.2, 0) is 0 Å². The number of anilines is 2. The Morgan fingerprint density at radius 3 is 2.50 bits per heavy atom. The minimum Gasteiger partial charge on any atom is -0.362 e. The van der Waals surface area contributed by atoms with Crippen molar-refractivity contribution >= 4 is 28.1 Å². The maximum atomic E-state index is 12.9. The lowest BCUT2D eigenvalue weighted by Crippen LogP contribution is -2.11. The molecule has 0 atom stereocenters. The molecule has 3 rings (SSSR count). The van der Waals surface area contributed by atoms with Gasteiger partial charge in [0.2, 0.25) is 0 Å². The van der Waals surface area contributed by atoms with E-state index in [-0.39, 0.29) is 11.7 Å². The molecule has 0 bridgehead atoms. The van der Waals surface area contributed by atoms with Gasteiger partial charge in [0, 0.05) is 28.7 Å². The summed E-state index contributed by atoms with van der Waals surface area (Å²) in [6, 6.07) is 12.9. The van der Waals surface area contributed by atoms with Crippen molar-refractivity contribution in [3.63, 3.8) is 0 Å². The minimum absolute atomic E-state index is 0.272. The minimum atomic E-state index is -0.365. The first kappa shape index (κ1) is 16.1. The highest BCUT2D eigenvalue weighted by Crippen LogP contribution is 2.26. The lowest BCUT2D eigenvalue weighted by molar-refractivity contribution is 0.102. The molecule has 3 aromatic rings. The van der Waals surface area contributed by atoms with E-state index in [4.69, 9.17) is 0 Å². The van der Waals surface area contributed by atoms with Crippen molar-refractivity contribution in [2.45, 2.75) is 6.92 Å². The molecular weight excluding hydrogens is 325 g/mol. The van der Waals surface area contributed by atoms with Gasteiger partial charge in [-0.15, -0.1) is 11.3 Å². The number of rotatable bonds is 5. The summed E-state index contributed by atoms with van der Waals surface area (Å²) in [6.45, 7) is 2.86. The SMILES string of the molecule is CCNc1nc(-c2ccc(NC(=O)c3ccc(F)cc3)cc2)cs1. The Bertz CT molecular complexity index is 828. The van der Waals surface area contributed by atoms with Gasteiger partial charge in [-0.05, 0) is 43.3 Å². The lowest BCUT2D eigenvalue weighted by atomic mass is 10.1. The molecular formula is C18H16FN3OS. The number of benzene rings is 2. The number of aromatic nitrogens is 1. The third-order valence-electron chi connectivity index (χ3n) is 3.38. The van der Waals surface area contributed by atoms with Gasteiger partial charge >= 0.3 is 0 Å². The van der Waals surface area contributed by atoms with Gasteiger partial charge < -0.3 is 10.6 Å². The monoisotopic (exact) mass is 341 g/mol. The predicted molar refractivity (Wildman–Crippen MR) is 96.1 cm³/mol. The molecule has 1 aromatic heterocycles. The van der Waals surface area contributed by atoms with Crippen LogP contribution in [0.2, 0.25) is 0 Å². The summed E-state index contributed by atoms with van der Waals surface area (Å²) >= 11 is 1.56. The average Bonchev–Trinajstić information content (AvgIpc) is 3.05. The van der Waals surface area contributed by atoms with E-state index in [2.05, 4.69) is 15.6 Å². The first-order valence-corrected chi connectivity index (χ1v) is 8.40. The summed E-state index contributed by atoms with van der Waals surface area (Å²) in [6.07, 6.45) is 0. The topological polar surface area (TPSA) is 54.0 Å². The van der Waals surface area contributed by atoms with Crippen molar-refractivity contribution in [2.75, 3.05) is 17.2 Å². The van der Waals surface area contributed by atoms with Gasteiger partial charge in [-0.3, -0.25) is 4.79 Å². The van der Waals surface area contributed by atoms with Crippen LogP contribution >= 0.6 is 11.3 Å². The van der Waals surface area contributed by atoms with E-state index in [0.717, 1.165) is 22.9 Å². The zero-order chi connectivity index (χ0) is 16.9. The van der Waals surface area contributed by atoms with Gasteiger partial charge in [0.1, 0.15) is 5.82 Å². The third kappa shape index (κ3) is 3.78. The summed E-state index contributed by atoms with van der Waals surface area (Å²) in [4.78, 5) is 16.6. The van der Waals surface area contributed by atoms with Gasteiger partial charge in [-0.1, -0.05) is 12.1 Å². The molecule has 0 saturated carbocycles. The van der Waals surface area contributed by atoms with Crippen molar-refractivity contribution in [1.29, 1.82) is 0 Å². The van der Waals surface area contributed by atoms with Crippen LogP contribution in [0, 0.1) is 5.82 Å². The standard InChI is InChI=1S/C18H16FN3OS/c1-2-20-18-22-16(11-24-18)12-5-9-15(10-6-12)21-17(23)13-3-7-14(19)8-4-13/h3-11H,2H2,1H3,(H,20,22)(H,21,23). The second-order valence-electron chi connectivity index (χ2n) is 5.11. The van der Waals surface area contributed by atoms with Crippen LogP contribution in [0.3, 0.4) is 0 Å². The van der Waals surface area contributed by atoms with E-state index < -0.39 is 0 Å². The summed E-state index contributed by atoms with van der Waals surface area (Å²) in [5.74, 6) is -0.637. The maximum absolute atomic E-state index is 12.9. The molecule has 4 nitrogen and oxygen atoms in total. The van der Waals surface area contributed by atoms with E-state index >= 15 is 0 Å². The Morgan fingerprint density at radius 2 is 1.83 bits per heavy atom. The van der Waals surface area contributed by atoms with Crippen molar-refractivity contribution in [1.82, 2.24) is 4.98 Å². The zero-order valence-electron chi connectivity index (χ0n) is 13.0. The maximum Gasteiger partial charge on any atom is 0.255 e. The summed E-state index contributed by atoms with van der Waals surface area (Å²) in [7, 11) is 0. The van der Waals surface area contributed by atoms with E-state index in [1.807, 2.05) is 36.6 Å². The van der Waals surface area contributed by atoms with E-state index in [0.29, 0.717) is 11.3 Å². The van der Waals surface area contributed by atoms with Crippen LogP contribution in [0.15, 0.2) is 53.9 Å². The fourth-order valence-corrected chi connectivity index (χ4v) is 2.96. The van der Waals surface area contributed by atoms with Gasteiger partial charge in [0.15, 0.2) is 5.13 Å². The van der Waals surface area contributed by atoms with Crippen molar-refractivity contribution in [3.05, 3.63) is 65.3 Å². The van der Waals surface area contributed by atoms with Gasteiger partial charge in [0.05, 0.1) is 5.69 Å². The highest BCUT2D eigenvalue weighted by molar-refractivity contribution is 7.14. The molecule has 1 amide bonds. The average molecular weight is 341 g/mol. The van der Waals surface area contributed by atoms with Crippen molar-refractivity contribution in [3.8, 4) is 11.3 Å². The normalized spacial score (nSPS) is 10.4. The highest BCUT2D eigenvalue weighted by Gasteiger charge is 2.07. The fraction of sp³-hybridized carbons (Fsp3) is 0.111. The van der Waals surface area contributed by atoms with Crippen molar-refractivity contribution < 1.29 is 9.18 Å². The molecule has 2 N–H and O–H groups in total. The number of hydrogen-bond donors (Lipinski definition) is 2. The number of carbonyl (C=O) groups excluding carboxylic acids is 1. The number of thiazole rings is 1. The van der Waals surface area contributed by atoms with Crippen LogP contribution in [0.1, 0.15) is 17.3 Å². The second kappa shape index (κ2) is 7.23. The zero-order valence-corrected chi connectivity index (χ0v) is 13.9. The van der Waals surface area contributed by atoms with Gasteiger partial charge in [-0.25, -0.2) is 9.37 Å². The molecule has 2 aromatic carbocycles. The van der Waals surface area contributed by atoms with Crippen LogP contribution < -0.4 is 10.6 Å². The van der Waals surface area contributed by atoms with Crippen molar-refractivity contribution in [2.24, 2.45) is 0 Å². The number of nitrogens with one attached hydrogen (secondary N) is 2. The largest absolute Gasteiger partial charge is 0.362 e. The molecule has 122 valence electrons. The third-order valence-corrected chi connectivity index (χ3v) is 4.18. The molecule has 0 radical (unpaired) electrons. The molecule has 0 aliphatic carbocycles. The van der Waals surface area contributed by atoms with Gasteiger partial charge in [0.25, 0.3) is 5.91 Å². The molecule has 0 saturated heterocycles. The first-order chi connectivity index (χ1) is 11.7. The molecule has 24 heavy (non-hydrogen) atoms. The number of hydrogen-bond acceptors (Lipinski definition) is 4. The first-order valence-electron chi connectivity index (χ1n) is 7.52. The lowest BCUT2D eigenvalue weighted by Gasteiger charge is -2.06. The number of nitrogens with zero attached hydrogens (tertiary/aromatic N) is 1. The molecule has 1 heterocycles. The quantitative estimate of drug-likeness (QED) is 0.711. The molecule has 0 spiro atoms.